The number of carboxylic acid groups (broad SMARTS) is 1. The molecule has 104 valence electrons. The lowest BCUT2D eigenvalue weighted by Crippen LogP contribution is -2.43. The summed E-state index contributed by atoms with van der Waals surface area (Å²) in [5, 5.41) is 9.12. The molecule has 1 saturated heterocycles. The lowest BCUT2D eigenvalue weighted by molar-refractivity contribution is -0.144. The van der Waals surface area contributed by atoms with Gasteiger partial charge in [-0.25, -0.2) is 0 Å². The first-order valence-electron chi connectivity index (χ1n) is 7.04. The van der Waals surface area contributed by atoms with Gasteiger partial charge < -0.3 is 5.11 Å². The van der Waals surface area contributed by atoms with Gasteiger partial charge in [-0.1, -0.05) is 29.8 Å². The molecule has 3 nitrogen and oxygen atoms in total. The second kappa shape index (κ2) is 5.74. The zero-order valence-corrected chi connectivity index (χ0v) is 12.0. The van der Waals surface area contributed by atoms with Crippen LogP contribution in [0.5, 0.6) is 0 Å². The van der Waals surface area contributed by atoms with Crippen molar-refractivity contribution in [2.75, 3.05) is 6.54 Å². The Labute approximate surface area is 115 Å². The molecule has 0 aromatic heterocycles. The van der Waals surface area contributed by atoms with E-state index in [4.69, 9.17) is 5.11 Å². The molecule has 1 aliphatic rings. The number of piperidine rings is 1. The van der Waals surface area contributed by atoms with Crippen LogP contribution >= 0.6 is 0 Å². The summed E-state index contributed by atoms with van der Waals surface area (Å²) in [5.41, 5.74) is 2.60. The topological polar surface area (TPSA) is 40.5 Å². The van der Waals surface area contributed by atoms with E-state index < -0.39 is 5.97 Å². The van der Waals surface area contributed by atoms with Crippen molar-refractivity contribution in [1.82, 2.24) is 4.90 Å². The Bertz CT molecular complexity index is 458. The van der Waals surface area contributed by atoms with E-state index in [1.807, 2.05) is 0 Å². The van der Waals surface area contributed by atoms with Gasteiger partial charge in [0.2, 0.25) is 0 Å². The molecule has 3 heteroatoms. The predicted octanol–water partition coefficient (Wildman–Crippen LogP) is 3.24. The highest BCUT2D eigenvalue weighted by atomic mass is 16.4. The lowest BCUT2D eigenvalue weighted by Gasteiger charge is -2.40. The van der Waals surface area contributed by atoms with Gasteiger partial charge in [-0.2, -0.15) is 0 Å². The standard InChI is InChI=1S/C16H23NO2/c1-11-5-4-6-14(9-11)13(3)17-8-7-15(16(18)19)10-12(17)2/h4-6,9,12-13,15H,7-8,10H2,1-3H3,(H,18,19). The van der Waals surface area contributed by atoms with Gasteiger partial charge in [0.1, 0.15) is 0 Å². The smallest absolute Gasteiger partial charge is 0.306 e. The number of hydrogen-bond acceptors (Lipinski definition) is 2. The van der Waals surface area contributed by atoms with Crippen molar-refractivity contribution >= 4 is 5.97 Å². The van der Waals surface area contributed by atoms with Crippen molar-refractivity contribution in [3.05, 3.63) is 35.4 Å². The Morgan fingerprint density at radius 1 is 1.47 bits per heavy atom. The Hall–Kier alpha value is -1.35. The van der Waals surface area contributed by atoms with Gasteiger partial charge in [-0.05, 0) is 45.7 Å². The van der Waals surface area contributed by atoms with Gasteiger partial charge >= 0.3 is 5.97 Å². The fourth-order valence-electron chi connectivity index (χ4n) is 3.11. The van der Waals surface area contributed by atoms with E-state index in [-0.39, 0.29) is 5.92 Å². The first-order valence-corrected chi connectivity index (χ1v) is 7.04. The molecule has 3 unspecified atom stereocenters. The molecular formula is C16H23NO2. The van der Waals surface area contributed by atoms with Gasteiger partial charge in [0, 0.05) is 12.1 Å². The number of aliphatic carboxylic acids is 1. The summed E-state index contributed by atoms with van der Waals surface area (Å²) in [7, 11) is 0. The van der Waals surface area contributed by atoms with Crippen LogP contribution < -0.4 is 0 Å². The molecule has 0 spiro atoms. The first kappa shape index (κ1) is 14.1. The average Bonchev–Trinajstić information content (AvgIpc) is 2.37. The van der Waals surface area contributed by atoms with Crippen molar-refractivity contribution < 1.29 is 9.90 Å². The first-order chi connectivity index (χ1) is 8.99. The number of hydrogen-bond donors (Lipinski definition) is 1. The summed E-state index contributed by atoms with van der Waals surface area (Å²) < 4.78 is 0. The maximum Gasteiger partial charge on any atom is 0.306 e. The molecule has 1 aromatic rings. The van der Waals surface area contributed by atoms with Crippen LogP contribution in [0.25, 0.3) is 0 Å². The summed E-state index contributed by atoms with van der Waals surface area (Å²) in [6.07, 6.45) is 1.52. The average molecular weight is 261 g/mol. The van der Waals surface area contributed by atoms with Crippen LogP contribution in [-0.2, 0) is 4.79 Å². The zero-order chi connectivity index (χ0) is 14.0. The quantitative estimate of drug-likeness (QED) is 0.908. The number of rotatable bonds is 3. The summed E-state index contributed by atoms with van der Waals surface area (Å²) in [4.78, 5) is 13.5. The molecule has 1 N–H and O–H groups in total. The molecule has 1 heterocycles. The van der Waals surface area contributed by atoms with Crippen LogP contribution in [0.3, 0.4) is 0 Å². The maximum atomic E-state index is 11.1. The molecule has 2 rings (SSSR count). The molecule has 1 fully saturated rings. The number of carboxylic acids is 1. The van der Waals surface area contributed by atoms with Crippen LogP contribution in [0.15, 0.2) is 24.3 Å². The Kier molecular flexibility index (Phi) is 4.25. The summed E-state index contributed by atoms with van der Waals surface area (Å²) in [6.45, 7) is 7.33. The molecule has 0 amide bonds. The highest BCUT2D eigenvalue weighted by molar-refractivity contribution is 5.70. The van der Waals surface area contributed by atoms with Crippen LogP contribution in [0, 0.1) is 12.8 Å². The molecule has 0 bridgehead atoms. The third-order valence-electron chi connectivity index (χ3n) is 4.30. The van der Waals surface area contributed by atoms with Crippen molar-refractivity contribution in [2.24, 2.45) is 5.92 Å². The third-order valence-corrected chi connectivity index (χ3v) is 4.30. The zero-order valence-electron chi connectivity index (χ0n) is 12.0. The predicted molar refractivity (Wildman–Crippen MR) is 76.1 cm³/mol. The summed E-state index contributed by atoms with van der Waals surface area (Å²) >= 11 is 0. The molecule has 3 atom stereocenters. The number of carbonyl (C=O) groups is 1. The number of benzene rings is 1. The second-order valence-electron chi connectivity index (χ2n) is 5.74. The number of nitrogens with zero attached hydrogens (tertiary/aromatic N) is 1. The van der Waals surface area contributed by atoms with Crippen LogP contribution in [0.1, 0.15) is 43.9 Å². The van der Waals surface area contributed by atoms with Gasteiger partial charge in [-0.15, -0.1) is 0 Å². The number of likely N-dealkylation sites (tertiary alicyclic amines) is 1. The molecule has 0 saturated carbocycles. The minimum Gasteiger partial charge on any atom is -0.481 e. The van der Waals surface area contributed by atoms with Gasteiger partial charge in [0.05, 0.1) is 5.92 Å². The Morgan fingerprint density at radius 2 is 2.21 bits per heavy atom. The van der Waals surface area contributed by atoms with E-state index in [9.17, 15) is 4.79 Å². The van der Waals surface area contributed by atoms with Crippen molar-refractivity contribution in [3.63, 3.8) is 0 Å². The molecule has 0 aliphatic carbocycles. The van der Waals surface area contributed by atoms with Gasteiger partial charge in [0.25, 0.3) is 0 Å². The summed E-state index contributed by atoms with van der Waals surface area (Å²) in [5.74, 6) is -0.814. The largest absolute Gasteiger partial charge is 0.481 e. The van der Waals surface area contributed by atoms with E-state index >= 15 is 0 Å². The minimum absolute atomic E-state index is 0.170. The van der Waals surface area contributed by atoms with Crippen molar-refractivity contribution in [1.29, 1.82) is 0 Å². The molecule has 19 heavy (non-hydrogen) atoms. The van der Waals surface area contributed by atoms with Gasteiger partial charge in [-0.3, -0.25) is 9.69 Å². The normalized spacial score (nSPS) is 26.1. The van der Waals surface area contributed by atoms with Crippen molar-refractivity contribution in [2.45, 2.75) is 45.7 Å². The molecule has 0 radical (unpaired) electrons. The Balaban J connectivity index is 2.08. The SMILES string of the molecule is Cc1cccc(C(C)N2CCC(C(=O)O)CC2C)c1. The van der Waals surface area contributed by atoms with E-state index in [2.05, 4.69) is 49.9 Å². The number of aryl methyl sites for hydroxylation is 1. The van der Waals surface area contributed by atoms with E-state index in [0.717, 1.165) is 19.4 Å². The molecule has 1 aliphatic heterocycles. The highest BCUT2D eigenvalue weighted by Crippen LogP contribution is 2.31. The molecule has 1 aromatic carbocycles. The third kappa shape index (κ3) is 3.16. The Morgan fingerprint density at radius 3 is 2.79 bits per heavy atom. The fourth-order valence-corrected chi connectivity index (χ4v) is 3.11. The minimum atomic E-state index is -0.644. The van der Waals surface area contributed by atoms with Crippen LogP contribution in [0.2, 0.25) is 0 Å². The highest BCUT2D eigenvalue weighted by Gasteiger charge is 2.32. The summed E-state index contributed by atoms with van der Waals surface area (Å²) in [6, 6.07) is 9.26. The van der Waals surface area contributed by atoms with E-state index in [0.29, 0.717) is 12.1 Å². The van der Waals surface area contributed by atoms with Crippen LogP contribution in [0.4, 0.5) is 0 Å². The maximum absolute atomic E-state index is 11.1. The van der Waals surface area contributed by atoms with Crippen LogP contribution in [-0.4, -0.2) is 28.6 Å². The van der Waals surface area contributed by atoms with E-state index in [1.165, 1.54) is 11.1 Å². The lowest BCUT2D eigenvalue weighted by atomic mass is 9.89. The fraction of sp³-hybridized carbons (Fsp3) is 0.562. The van der Waals surface area contributed by atoms with Gasteiger partial charge in [0.15, 0.2) is 0 Å². The second-order valence-corrected chi connectivity index (χ2v) is 5.74. The van der Waals surface area contributed by atoms with Crippen molar-refractivity contribution in [3.8, 4) is 0 Å². The van der Waals surface area contributed by atoms with E-state index in [1.54, 1.807) is 0 Å². The monoisotopic (exact) mass is 261 g/mol. The molecular weight excluding hydrogens is 238 g/mol.